The van der Waals surface area contributed by atoms with Gasteiger partial charge in [-0.15, -0.1) is 0 Å². The zero-order chi connectivity index (χ0) is 8.85. The van der Waals surface area contributed by atoms with E-state index in [1.54, 1.807) is 13.8 Å². The molecular weight excluding hydrogens is 144 g/mol. The van der Waals surface area contributed by atoms with Crippen molar-refractivity contribution < 1.29 is 14.6 Å². The summed E-state index contributed by atoms with van der Waals surface area (Å²) in [6.45, 7) is 5.59. The second-order valence-electron chi connectivity index (χ2n) is 2.51. The first-order chi connectivity index (χ1) is 5.13. The van der Waals surface area contributed by atoms with Gasteiger partial charge in [-0.1, -0.05) is 6.92 Å². The highest BCUT2D eigenvalue weighted by Gasteiger charge is 2.22. The van der Waals surface area contributed by atoms with Crippen LogP contribution in [-0.2, 0) is 9.53 Å². The molecular formula is C8H16O3. The Kier molecular flexibility index (Phi) is 4.86. The maximum atomic E-state index is 11.0. The van der Waals surface area contributed by atoms with E-state index in [4.69, 9.17) is 9.84 Å². The molecule has 0 aromatic heterocycles. The van der Waals surface area contributed by atoms with Crippen molar-refractivity contribution in [2.75, 3.05) is 6.61 Å². The van der Waals surface area contributed by atoms with Gasteiger partial charge in [0.25, 0.3) is 0 Å². The van der Waals surface area contributed by atoms with Crippen molar-refractivity contribution in [1.29, 1.82) is 0 Å². The fourth-order valence-corrected chi connectivity index (χ4v) is 0.954. The van der Waals surface area contributed by atoms with E-state index in [1.165, 1.54) is 0 Å². The third-order valence-corrected chi connectivity index (χ3v) is 1.61. The summed E-state index contributed by atoms with van der Waals surface area (Å²) in [5.74, 6) is -0.667. The van der Waals surface area contributed by atoms with Crippen molar-refractivity contribution in [1.82, 2.24) is 0 Å². The number of ether oxygens (including phenoxy) is 1. The molecule has 3 heteroatoms. The summed E-state index contributed by atoms with van der Waals surface area (Å²) in [6, 6.07) is 0. The lowest BCUT2D eigenvalue weighted by molar-refractivity contribution is -0.151. The van der Waals surface area contributed by atoms with E-state index in [9.17, 15) is 4.79 Å². The van der Waals surface area contributed by atoms with Crippen molar-refractivity contribution in [2.24, 2.45) is 5.92 Å². The van der Waals surface area contributed by atoms with Gasteiger partial charge in [-0.3, -0.25) is 4.79 Å². The monoisotopic (exact) mass is 160 g/mol. The average molecular weight is 160 g/mol. The van der Waals surface area contributed by atoms with Crippen molar-refractivity contribution in [3.8, 4) is 0 Å². The number of carbonyl (C=O) groups excluding carboxylic acids is 1. The molecule has 0 aliphatic rings. The molecule has 3 nitrogen and oxygen atoms in total. The zero-order valence-electron chi connectivity index (χ0n) is 7.33. The molecule has 0 aliphatic heterocycles. The molecule has 0 bridgehead atoms. The van der Waals surface area contributed by atoms with Crippen LogP contribution in [0.1, 0.15) is 27.2 Å². The van der Waals surface area contributed by atoms with Crippen molar-refractivity contribution in [3.63, 3.8) is 0 Å². The number of esters is 1. The maximum Gasteiger partial charge on any atom is 0.311 e. The first kappa shape index (κ1) is 10.4. The predicted molar refractivity (Wildman–Crippen MR) is 42.1 cm³/mol. The molecule has 0 saturated heterocycles. The smallest absolute Gasteiger partial charge is 0.311 e. The Morgan fingerprint density at radius 3 is 2.36 bits per heavy atom. The molecule has 11 heavy (non-hydrogen) atoms. The van der Waals surface area contributed by atoms with Crippen LogP contribution in [0, 0.1) is 5.92 Å². The molecule has 0 spiro atoms. The van der Waals surface area contributed by atoms with Gasteiger partial charge in [-0.05, 0) is 20.3 Å². The topological polar surface area (TPSA) is 46.5 Å². The fourth-order valence-electron chi connectivity index (χ4n) is 0.954. The molecule has 0 unspecified atom stereocenters. The van der Waals surface area contributed by atoms with E-state index in [1.807, 2.05) is 6.92 Å². The highest BCUT2D eigenvalue weighted by molar-refractivity contribution is 5.72. The minimum Gasteiger partial charge on any atom is -0.466 e. The van der Waals surface area contributed by atoms with E-state index in [0.29, 0.717) is 13.0 Å². The van der Waals surface area contributed by atoms with Crippen molar-refractivity contribution in [2.45, 2.75) is 33.3 Å². The molecule has 66 valence electrons. The number of carbonyl (C=O) groups is 1. The second-order valence-corrected chi connectivity index (χ2v) is 2.51. The summed E-state index contributed by atoms with van der Waals surface area (Å²) < 4.78 is 4.76. The summed E-state index contributed by atoms with van der Waals surface area (Å²) in [5, 5.41) is 9.11. The SMILES string of the molecule is CCOC(=O)[C@H](CC)[C@H](C)O. The van der Waals surface area contributed by atoms with Crippen LogP contribution in [0.3, 0.4) is 0 Å². The van der Waals surface area contributed by atoms with Crippen LogP contribution in [0.4, 0.5) is 0 Å². The van der Waals surface area contributed by atoms with Crippen LogP contribution in [-0.4, -0.2) is 23.8 Å². The minimum absolute atomic E-state index is 0.301. The van der Waals surface area contributed by atoms with Crippen molar-refractivity contribution in [3.05, 3.63) is 0 Å². The lowest BCUT2D eigenvalue weighted by atomic mass is 10.0. The summed E-state index contributed by atoms with van der Waals surface area (Å²) >= 11 is 0. The third kappa shape index (κ3) is 3.37. The van der Waals surface area contributed by atoms with Gasteiger partial charge in [0, 0.05) is 0 Å². The van der Waals surface area contributed by atoms with Crippen LogP contribution in [0.2, 0.25) is 0 Å². The molecule has 0 amide bonds. The fraction of sp³-hybridized carbons (Fsp3) is 0.875. The predicted octanol–water partition coefficient (Wildman–Crippen LogP) is 0.956. The van der Waals surface area contributed by atoms with Gasteiger partial charge in [-0.25, -0.2) is 0 Å². The Morgan fingerprint density at radius 2 is 2.09 bits per heavy atom. The number of hydrogen-bond acceptors (Lipinski definition) is 3. The van der Waals surface area contributed by atoms with Gasteiger partial charge in [0.05, 0.1) is 18.6 Å². The first-order valence-corrected chi connectivity index (χ1v) is 3.98. The summed E-state index contributed by atoms with van der Waals surface area (Å²) in [4.78, 5) is 11.0. The quantitative estimate of drug-likeness (QED) is 0.623. The number of aliphatic hydroxyl groups is 1. The molecule has 0 aromatic rings. The van der Waals surface area contributed by atoms with Gasteiger partial charge >= 0.3 is 5.97 Å². The molecule has 2 atom stereocenters. The van der Waals surface area contributed by atoms with Gasteiger partial charge in [0.2, 0.25) is 0 Å². The van der Waals surface area contributed by atoms with Gasteiger partial charge in [0.15, 0.2) is 0 Å². The molecule has 0 rings (SSSR count). The molecule has 1 N–H and O–H groups in total. The van der Waals surface area contributed by atoms with Crippen LogP contribution in [0.5, 0.6) is 0 Å². The Bertz CT molecular complexity index is 121. The number of aliphatic hydroxyl groups excluding tert-OH is 1. The Hall–Kier alpha value is -0.570. The largest absolute Gasteiger partial charge is 0.466 e. The minimum atomic E-state index is -0.612. The highest BCUT2D eigenvalue weighted by Crippen LogP contribution is 2.10. The van der Waals surface area contributed by atoms with E-state index in [2.05, 4.69) is 0 Å². The van der Waals surface area contributed by atoms with Gasteiger partial charge < -0.3 is 9.84 Å². The Labute approximate surface area is 67.4 Å². The molecule has 0 heterocycles. The van der Waals surface area contributed by atoms with E-state index in [-0.39, 0.29) is 11.9 Å². The normalized spacial score (nSPS) is 15.6. The van der Waals surface area contributed by atoms with E-state index >= 15 is 0 Å². The standard InChI is InChI=1S/C8H16O3/c1-4-7(6(3)9)8(10)11-5-2/h6-7,9H,4-5H2,1-3H3/t6-,7+/m0/s1. The van der Waals surface area contributed by atoms with E-state index in [0.717, 1.165) is 0 Å². The molecule has 0 aliphatic carbocycles. The Balaban J connectivity index is 3.92. The summed E-state index contributed by atoms with van der Waals surface area (Å²) in [7, 11) is 0. The van der Waals surface area contributed by atoms with Crippen LogP contribution in [0.15, 0.2) is 0 Å². The number of hydrogen-bond donors (Lipinski definition) is 1. The highest BCUT2D eigenvalue weighted by atomic mass is 16.5. The molecule has 0 saturated carbocycles. The van der Waals surface area contributed by atoms with Crippen LogP contribution < -0.4 is 0 Å². The Morgan fingerprint density at radius 1 is 1.55 bits per heavy atom. The lowest BCUT2D eigenvalue weighted by Crippen LogP contribution is -2.27. The number of rotatable bonds is 4. The summed E-state index contributed by atoms with van der Waals surface area (Å²) in [6.07, 6.45) is 0.00954. The van der Waals surface area contributed by atoms with Crippen LogP contribution >= 0.6 is 0 Å². The third-order valence-electron chi connectivity index (χ3n) is 1.61. The summed E-state index contributed by atoms with van der Waals surface area (Å²) in [5.41, 5.74) is 0. The molecule has 0 radical (unpaired) electrons. The first-order valence-electron chi connectivity index (χ1n) is 3.98. The van der Waals surface area contributed by atoms with Gasteiger partial charge in [-0.2, -0.15) is 0 Å². The molecule has 0 aromatic carbocycles. The zero-order valence-corrected chi connectivity index (χ0v) is 7.33. The lowest BCUT2D eigenvalue weighted by Gasteiger charge is -2.15. The van der Waals surface area contributed by atoms with E-state index < -0.39 is 6.10 Å². The second kappa shape index (κ2) is 5.13. The average Bonchev–Trinajstić information content (AvgIpc) is 1.88. The van der Waals surface area contributed by atoms with Crippen LogP contribution in [0.25, 0.3) is 0 Å². The molecule has 0 fully saturated rings. The maximum absolute atomic E-state index is 11.0. The van der Waals surface area contributed by atoms with Gasteiger partial charge in [0.1, 0.15) is 0 Å². The van der Waals surface area contributed by atoms with Crippen molar-refractivity contribution >= 4 is 5.97 Å².